The summed E-state index contributed by atoms with van der Waals surface area (Å²) in [6.07, 6.45) is 0.959. The summed E-state index contributed by atoms with van der Waals surface area (Å²) < 4.78 is 29.1. The minimum atomic E-state index is -3.08. The average molecular weight is 406 g/mol. The van der Waals surface area contributed by atoms with E-state index in [1.807, 2.05) is 20.8 Å². The summed E-state index contributed by atoms with van der Waals surface area (Å²) in [7, 11) is 0. The first kappa shape index (κ1) is 21.1. The zero-order valence-electron chi connectivity index (χ0n) is 15.2. The van der Waals surface area contributed by atoms with Crippen molar-refractivity contribution in [2.45, 2.75) is 52.3 Å². The number of carboxylic acid groups (broad SMARTS) is 1. The lowest BCUT2D eigenvalue weighted by atomic mass is 9.79. The predicted octanol–water partition coefficient (Wildman–Crippen LogP) is 3.62. The highest BCUT2D eigenvalue weighted by molar-refractivity contribution is 6.32. The van der Waals surface area contributed by atoms with E-state index < -0.39 is 18.6 Å². The van der Waals surface area contributed by atoms with Crippen LogP contribution in [0.5, 0.6) is 5.75 Å². The molecule has 2 atom stereocenters. The van der Waals surface area contributed by atoms with Gasteiger partial charge in [-0.3, -0.25) is 4.79 Å². The predicted molar refractivity (Wildman–Crippen MR) is 94.3 cm³/mol. The molecule has 150 valence electrons. The van der Waals surface area contributed by atoms with Gasteiger partial charge in [0.25, 0.3) is 5.91 Å². The van der Waals surface area contributed by atoms with Crippen LogP contribution in [-0.4, -0.2) is 52.2 Å². The Balaban J connectivity index is 2.11. The summed E-state index contributed by atoms with van der Waals surface area (Å²) in [5.74, 6) is -0.896. The fourth-order valence-electron chi connectivity index (χ4n) is 3.14. The number of amides is 2. The third-order valence-corrected chi connectivity index (χ3v) is 4.74. The number of pyridine rings is 1. The van der Waals surface area contributed by atoms with E-state index in [2.05, 4.69) is 15.0 Å². The number of carbonyl (C=O) groups is 2. The van der Waals surface area contributed by atoms with Gasteiger partial charge in [-0.1, -0.05) is 32.4 Å². The zero-order valence-corrected chi connectivity index (χ0v) is 16.0. The van der Waals surface area contributed by atoms with Crippen molar-refractivity contribution in [1.29, 1.82) is 0 Å². The first-order valence-corrected chi connectivity index (χ1v) is 8.77. The molecule has 1 aliphatic rings. The Kier molecular flexibility index (Phi) is 6.46. The van der Waals surface area contributed by atoms with Gasteiger partial charge in [0.05, 0.1) is 6.20 Å². The van der Waals surface area contributed by atoms with Crippen LogP contribution in [0, 0.1) is 5.41 Å². The maximum Gasteiger partial charge on any atom is 0.407 e. The van der Waals surface area contributed by atoms with E-state index in [1.54, 1.807) is 0 Å². The number of hydrogen-bond donors (Lipinski definition) is 2. The van der Waals surface area contributed by atoms with Crippen LogP contribution in [0.4, 0.5) is 13.6 Å². The summed E-state index contributed by atoms with van der Waals surface area (Å²) in [5, 5.41) is 12.0. The number of aromatic nitrogens is 1. The summed E-state index contributed by atoms with van der Waals surface area (Å²) in [6, 6.07) is 0.511. The fourth-order valence-corrected chi connectivity index (χ4v) is 3.28. The maximum absolute atomic E-state index is 12.4. The minimum absolute atomic E-state index is 0.108. The number of halogens is 3. The van der Waals surface area contributed by atoms with Crippen molar-refractivity contribution in [3.63, 3.8) is 0 Å². The second-order valence-corrected chi connectivity index (χ2v) is 7.84. The number of nitrogens with one attached hydrogen (secondary N) is 1. The van der Waals surface area contributed by atoms with Gasteiger partial charge < -0.3 is 20.1 Å². The van der Waals surface area contributed by atoms with E-state index >= 15 is 0 Å². The highest BCUT2D eigenvalue weighted by atomic mass is 35.5. The maximum atomic E-state index is 12.4. The molecule has 2 heterocycles. The number of carbonyl (C=O) groups excluding carboxylic acids is 1. The summed E-state index contributed by atoms with van der Waals surface area (Å²) >= 11 is 5.74. The monoisotopic (exact) mass is 405 g/mol. The van der Waals surface area contributed by atoms with Gasteiger partial charge in [-0.15, -0.1) is 0 Å². The Hall–Kier alpha value is -2.16. The van der Waals surface area contributed by atoms with E-state index in [0.29, 0.717) is 12.8 Å². The second-order valence-electron chi connectivity index (χ2n) is 7.43. The Morgan fingerprint density at radius 2 is 2.11 bits per heavy atom. The summed E-state index contributed by atoms with van der Waals surface area (Å²) in [5.41, 5.74) is -0.415. The van der Waals surface area contributed by atoms with Crippen LogP contribution in [0.1, 0.15) is 44.1 Å². The first-order valence-electron chi connectivity index (χ1n) is 8.40. The third kappa shape index (κ3) is 5.41. The second kappa shape index (κ2) is 8.24. The van der Waals surface area contributed by atoms with Crippen molar-refractivity contribution < 1.29 is 28.2 Å². The first-order chi connectivity index (χ1) is 12.5. The van der Waals surface area contributed by atoms with Crippen LogP contribution >= 0.6 is 11.6 Å². The molecule has 0 radical (unpaired) electrons. The lowest BCUT2D eigenvalue weighted by molar-refractivity contribution is -0.0498. The molecule has 0 bridgehead atoms. The molecule has 1 saturated heterocycles. The molecule has 27 heavy (non-hydrogen) atoms. The van der Waals surface area contributed by atoms with E-state index in [0.717, 1.165) is 12.3 Å². The van der Waals surface area contributed by atoms with Crippen molar-refractivity contribution in [3.8, 4) is 5.75 Å². The van der Waals surface area contributed by atoms with Crippen LogP contribution in [0.15, 0.2) is 12.3 Å². The highest BCUT2D eigenvalue weighted by Crippen LogP contribution is 2.32. The zero-order chi connectivity index (χ0) is 20.4. The number of piperidine rings is 1. The van der Waals surface area contributed by atoms with Gasteiger partial charge in [0, 0.05) is 24.7 Å². The van der Waals surface area contributed by atoms with Crippen molar-refractivity contribution >= 4 is 23.6 Å². The molecule has 7 nitrogen and oxygen atoms in total. The van der Waals surface area contributed by atoms with Gasteiger partial charge >= 0.3 is 12.7 Å². The topological polar surface area (TPSA) is 91.8 Å². The van der Waals surface area contributed by atoms with Crippen molar-refractivity contribution in [2.75, 3.05) is 6.54 Å². The van der Waals surface area contributed by atoms with E-state index in [1.165, 1.54) is 4.90 Å². The Morgan fingerprint density at radius 1 is 1.44 bits per heavy atom. The molecule has 0 aliphatic carbocycles. The molecular weight excluding hydrogens is 384 g/mol. The molecular formula is C17H22ClF2N3O4. The summed E-state index contributed by atoms with van der Waals surface area (Å²) in [6.45, 7) is 3.02. The minimum Gasteiger partial charge on any atom is -0.465 e. The SMILES string of the molecule is CC(C)(C)C1CC(NC(=O)c2cc(OC(F)F)c(Cl)cn2)CCN1C(=O)O. The number of alkyl halides is 2. The fraction of sp³-hybridized carbons (Fsp3) is 0.588. The smallest absolute Gasteiger partial charge is 0.407 e. The molecule has 2 N–H and O–H groups in total. The molecule has 2 unspecified atom stereocenters. The van der Waals surface area contributed by atoms with E-state index in [-0.39, 0.29) is 40.5 Å². The van der Waals surface area contributed by atoms with Crippen LogP contribution in [0.25, 0.3) is 0 Å². The molecule has 0 saturated carbocycles. The number of nitrogens with zero attached hydrogens (tertiary/aromatic N) is 2. The lowest BCUT2D eigenvalue weighted by Gasteiger charge is -2.44. The molecule has 1 aromatic heterocycles. The molecule has 2 rings (SSSR count). The quantitative estimate of drug-likeness (QED) is 0.798. The molecule has 2 amide bonds. The average Bonchev–Trinajstić information content (AvgIpc) is 2.55. The summed E-state index contributed by atoms with van der Waals surface area (Å²) in [4.78, 5) is 29.1. The standard InChI is InChI=1S/C17H22ClF2N3O4/c1-17(2,3)13-6-9(4-5-23(13)16(25)26)22-14(24)11-7-12(27-15(19)20)10(18)8-21-11/h7-9,13,15H,4-6H2,1-3H3,(H,22,24)(H,25,26). The van der Waals surface area contributed by atoms with E-state index in [9.17, 15) is 23.5 Å². The normalized spacial score (nSPS) is 20.5. The van der Waals surface area contributed by atoms with Crippen LogP contribution in [0.2, 0.25) is 5.02 Å². The van der Waals surface area contributed by atoms with Gasteiger partial charge in [0.2, 0.25) is 0 Å². The molecule has 0 aromatic carbocycles. The molecule has 10 heteroatoms. The van der Waals surface area contributed by atoms with Crippen LogP contribution < -0.4 is 10.1 Å². The largest absolute Gasteiger partial charge is 0.465 e. The number of ether oxygens (including phenoxy) is 1. The Morgan fingerprint density at radius 3 is 2.67 bits per heavy atom. The van der Waals surface area contributed by atoms with E-state index in [4.69, 9.17) is 11.6 Å². The number of likely N-dealkylation sites (tertiary alicyclic amines) is 1. The van der Waals surface area contributed by atoms with Gasteiger partial charge in [0.1, 0.15) is 16.5 Å². The van der Waals surface area contributed by atoms with Gasteiger partial charge in [-0.2, -0.15) is 8.78 Å². The van der Waals surface area contributed by atoms with Crippen LogP contribution in [0.3, 0.4) is 0 Å². The van der Waals surface area contributed by atoms with Gasteiger partial charge in [-0.25, -0.2) is 9.78 Å². The molecule has 0 spiro atoms. The number of hydrogen-bond acceptors (Lipinski definition) is 4. The number of rotatable bonds is 4. The molecule has 1 aliphatic heterocycles. The molecule has 1 fully saturated rings. The highest BCUT2D eigenvalue weighted by Gasteiger charge is 2.39. The Labute approximate surface area is 160 Å². The van der Waals surface area contributed by atoms with Crippen LogP contribution in [-0.2, 0) is 0 Å². The lowest BCUT2D eigenvalue weighted by Crippen LogP contribution is -2.56. The molecule has 1 aromatic rings. The van der Waals surface area contributed by atoms with Crippen molar-refractivity contribution in [3.05, 3.63) is 23.0 Å². The third-order valence-electron chi connectivity index (χ3n) is 4.45. The van der Waals surface area contributed by atoms with Gasteiger partial charge in [-0.05, 0) is 18.3 Å². The van der Waals surface area contributed by atoms with Crippen molar-refractivity contribution in [1.82, 2.24) is 15.2 Å². The Bertz CT molecular complexity index is 712. The van der Waals surface area contributed by atoms with Crippen molar-refractivity contribution in [2.24, 2.45) is 5.41 Å². The van der Waals surface area contributed by atoms with Gasteiger partial charge in [0.15, 0.2) is 0 Å².